The quantitative estimate of drug-likeness (QED) is 0.853. The molecule has 0 aliphatic rings. The lowest BCUT2D eigenvalue weighted by atomic mass is 9.94. The van der Waals surface area contributed by atoms with Crippen LogP contribution >= 0.6 is 15.9 Å². The van der Waals surface area contributed by atoms with Crippen molar-refractivity contribution in [2.75, 3.05) is 14.2 Å². The van der Waals surface area contributed by atoms with Gasteiger partial charge in [0.1, 0.15) is 0 Å². The highest BCUT2D eigenvalue weighted by Gasteiger charge is 2.23. The van der Waals surface area contributed by atoms with Crippen molar-refractivity contribution in [1.29, 1.82) is 0 Å². The van der Waals surface area contributed by atoms with Crippen molar-refractivity contribution >= 4 is 21.9 Å². The minimum absolute atomic E-state index is 0.00288. The molecule has 0 aliphatic carbocycles. The monoisotopic (exact) mass is 382 g/mol. The maximum atomic E-state index is 11.2. The van der Waals surface area contributed by atoms with Crippen LogP contribution in [-0.4, -0.2) is 35.1 Å². The zero-order valence-electron chi connectivity index (χ0n) is 13.7. The van der Waals surface area contributed by atoms with Crippen LogP contribution in [-0.2, 0) is 7.05 Å². The smallest absolute Gasteiger partial charge is 0.356 e. The number of carbonyl (C=O) groups is 1. The van der Waals surface area contributed by atoms with E-state index in [1.165, 1.54) is 0 Å². The van der Waals surface area contributed by atoms with E-state index in [-0.39, 0.29) is 11.6 Å². The Labute approximate surface area is 143 Å². The molecule has 1 aromatic heterocycles. The fraction of sp³-hybridized carbons (Fsp3) is 0.375. The van der Waals surface area contributed by atoms with Crippen LogP contribution in [0.3, 0.4) is 0 Å². The highest BCUT2D eigenvalue weighted by Crippen LogP contribution is 2.46. The molecule has 0 spiro atoms. The van der Waals surface area contributed by atoms with Gasteiger partial charge in [0.05, 0.1) is 24.4 Å². The van der Waals surface area contributed by atoms with Gasteiger partial charge < -0.3 is 14.6 Å². The summed E-state index contributed by atoms with van der Waals surface area (Å²) in [5, 5.41) is 13.2. The van der Waals surface area contributed by atoms with Gasteiger partial charge in [0.2, 0.25) is 0 Å². The third-order valence-electron chi connectivity index (χ3n) is 3.60. The van der Waals surface area contributed by atoms with Gasteiger partial charge in [-0.1, -0.05) is 13.8 Å². The molecule has 1 N–H and O–H groups in total. The molecule has 2 rings (SSSR count). The van der Waals surface area contributed by atoms with Crippen molar-refractivity contribution in [2.45, 2.75) is 19.8 Å². The van der Waals surface area contributed by atoms with Crippen LogP contribution in [0.25, 0.3) is 11.3 Å². The second-order valence-electron chi connectivity index (χ2n) is 5.39. The van der Waals surface area contributed by atoms with Crippen LogP contribution in [0.2, 0.25) is 0 Å². The molecule has 0 radical (unpaired) electrons. The number of hydrogen-bond donors (Lipinski definition) is 1. The predicted octanol–water partition coefficient (Wildman–Crippen LogP) is 3.69. The largest absolute Gasteiger partial charge is 0.493 e. The van der Waals surface area contributed by atoms with Gasteiger partial charge in [-0.05, 0) is 39.5 Å². The molecule has 124 valence electrons. The Morgan fingerprint density at radius 2 is 1.96 bits per heavy atom. The number of aromatic nitrogens is 2. The highest BCUT2D eigenvalue weighted by molar-refractivity contribution is 9.10. The predicted molar refractivity (Wildman–Crippen MR) is 90.5 cm³/mol. The zero-order valence-corrected chi connectivity index (χ0v) is 15.3. The normalized spacial score (nSPS) is 10.9. The van der Waals surface area contributed by atoms with Crippen LogP contribution in [0.5, 0.6) is 11.5 Å². The maximum absolute atomic E-state index is 11.2. The average Bonchev–Trinajstić information content (AvgIpc) is 2.87. The first-order chi connectivity index (χ1) is 10.8. The number of benzene rings is 1. The second kappa shape index (κ2) is 6.62. The fourth-order valence-electron chi connectivity index (χ4n) is 2.57. The minimum atomic E-state index is -1.06. The Hall–Kier alpha value is -2.02. The van der Waals surface area contributed by atoms with Crippen molar-refractivity contribution in [1.82, 2.24) is 9.78 Å². The van der Waals surface area contributed by atoms with Gasteiger partial charge in [0, 0.05) is 12.6 Å². The Bertz CT molecular complexity index is 753. The summed E-state index contributed by atoms with van der Waals surface area (Å²) in [7, 11) is 4.87. The summed E-state index contributed by atoms with van der Waals surface area (Å²) in [6.45, 7) is 4.12. The first-order valence-corrected chi connectivity index (χ1v) is 7.83. The van der Waals surface area contributed by atoms with E-state index in [9.17, 15) is 4.79 Å². The van der Waals surface area contributed by atoms with Gasteiger partial charge in [-0.25, -0.2) is 4.79 Å². The zero-order chi connectivity index (χ0) is 17.3. The molecule has 23 heavy (non-hydrogen) atoms. The Morgan fingerprint density at radius 1 is 1.30 bits per heavy atom. The molecule has 0 aliphatic heterocycles. The molecule has 0 unspecified atom stereocenters. The first kappa shape index (κ1) is 17.3. The second-order valence-corrected chi connectivity index (χ2v) is 6.18. The standard InChI is InChI=1S/C16H19BrN2O4/c1-8(2)13-9(6-12(22-4)15(23-5)14(13)17)11-7-10(16(20)21)18-19(11)3/h6-8H,1-5H3,(H,20,21). The van der Waals surface area contributed by atoms with Crippen molar-refractivity contribution in [2.24, 2.45) is 7.05 Å². The van der Waals surface area contributed by atoms with Crippen LogP contribution in [0.1, 0.15) is 35.8 Å². The summed E-state index contributed by atoms with van der Waals surface area (Å²) in [6, 6.07) is 3.41. The number of halogens is 1. The van der Waals surface area contributed by atoms with Crippen molar-refractivity contribution in [3.8, 4) is 22.8 Å². The lowest BCUT2D eigenvalue weighted by Gasteiger charge is -2.20. The van der Waals surface area contributed by atoms with Gasteiger partial charge >= 0.3 is 5.97 Å². The van der Waals surface area contributed by atoms with Gasteiger partial charge in [-0.2, -0.15) is 5.10 Å². The third kappa shape index (κ3) is 3.06. The molecular weight excluding hydrogens is 364 g/mol. The van der Waals surface area contributed by atoms with Crippen molar-refractivity contribution in [3.63, 3.8) is 0 Å². The lowest BCUT2D eigenvalue weighted by Crippen LogP contribution is -2.03. The van der Waals surface area contributed by atoms with E-state index in [2.05, 4.69) is 34.9 Å². The minimum Gasteiger partial charge on any atom is -0.493 e. The number of ether oxygens (including phenoxy) is 2. The van der Waals surface area contributed by atoms with E-state index < -0.39 is 5.97 Å². The molecule has 0 saturated carbocycles. The number of hydrogen-bond acceptors (Lipinski definition) is 4. The summed E-state index contributed by atoms with van der Waals surface area (Å²) in [5.41, 5.74) is 2.56. The lowest BCUT2D eigenvalue weighted by molar-refractivity contribution is 0.0689. The average molecular weight is 383 g/mol. The number of nitrogens with zero attached hydrogens (tertiary/aromatic N) is 2. The first-order valence-electron chi connectivity index (χ1n) is 7.03. The fourth-order valence-corrected chi connectivity index (χ4v) is 3.59. The highest BCUT2D eigenvalue weighted by atomic mass is 79.9. The molecule has 7 heteroatoms. The molecular formula is C16H19BrN2O4. The molecule has 0 atom stereocenters. The van der Waals surface area contributed by atoms with Crippen molar-refractivity contribution < 1.29 is 19.4 Å². The molecule has 0 saturated heterocycles. The van der Waals surface area contributed by atoms with E-state index in [0.717, 1.165) is 15.6 Å². The summed E-state index contributed by atoms with van der Waals surface area (Å²) in [6.07, 6.45) is 0. The van der Waals surface area contributed by atoms with E-state index in [4.69, 9.17) is 14.6 Å². The number of carboxylic acids is 1. The molecule has 2 aromatic rings. The van der Waals surface area contributed by atoms with Crippen LogP contribution in [0, 0.1) is 0 Å². The van der Waals surface area contributed by atoms with Gasteiger partial charge in [-0.3, -0.25) is 4.68 Å². The van der Waals surface area contributed by atoms with Gasteiger partial charge in [-0.15, -0.1) is 0 Å². The van der Waals surface area contributed by atoms with Crippen molar-refractivity contribution in [3.05, 3.63) is 27.9 Å². The Morgan fingerprint density at radius 3 is 2.39 bits per heavy atom. The summed E-state index contributed by atoms with van der Waals surface area (Å²) in [5.74, 6) is 0.303. The summed E-state index contributed by atoms with van der Waals surface area (Å²) < 4.78 is 13.2. The third-order valence-corrected chi connectivity index (χ3v) is 4.39. The molecule has 1 aromatic carbocycles. The van der Waals surface area contributed by atoms with Crippen LogP contribution in [0.15, 0.2) is 16.6 Å². The number of rotatable bonds is 5. The van der Waals surface area contributed by atoms with Gasteiger partial charge in [0.15, 0.2) is 17.2 Å². The topological polar surface area (TPSA) is 73.6 Å². The molecule has 6 nitrogen and oxygen atoms in total. The number of carboxylic acid groups (broad SMARTS) is 1. The van der Waals surface area contributed by atoms with E-state index in [0.29, 0.717) is 17.2 Å². The molecule has 0 bridgehead atoms. The van der Waals surface area contributed by atoms with Crippen LogP contribution < -0.4 is 9.47 Å². The summed E-state index contributed by atoms with van der Waals surface area (Å²) in [4.78, 5) is 11.2. The van der Waals surface area contributed by atoms with Crippen LogP contribution in [0.4, 0.5) is 0 Å². The Balaban J connectivity index is 2.80. The number of aryl methyl sites for hydroxylation is 1. The number of methoxy groups -OCH3 is 2. The summed E-state index contributed by atoms with van der Waals surface area (Å²) >= 11 is 3.59. The maximum Gasteiger partial charge on any atom is 0.356 e. The molecule has 0 fully saturated rings. The SMILES string of the molecule is COc1cc(-c2cc(C(=O)O)nn2C)c(C(C)C)c(Br)c1OC. The van der Waals surface area contributed by atoms with Gasteiger partial charge in [0.25, 0.3) is 0 Å². The number of aromatic carboxylic acids is 1. The van der Waals surface area contributed by atoms with E-state index in [1.807, 2.05) is 6.07 Å². The molecule has 1 heterocycles. The Kier molecular flexibility index (Phi) is 4.99. The van der Waals surface area contributed by atoms with E-state index >= 15 is 0 Å². The van der Waals surface area contributed by atoms with E-state index in [1.54, 1.807) is 32.0 Å². The molecule has 0 amide bonds.